The molecule has 3 heteroatoms. The molecule has 2 N–H and O–H groups in total. The van der Waals surface area contributed by atoms with E-state index in [9.17, 15) is 0 Å². The van der Waals surface area contributed by atoms with E-state index < -0.39 is 0 Å². The van der Waals surface area contributed by atoms with E-state index in [2.05, 4.69) is 32.0 Å². The van der Waals surface area contributed by atoms with Crippen molar-refractivity contribution in [1.82, 2.24) is 4.98 Å². The number of thiazole rings is 1. The molecule has 0 saturated heterocycles. The summed E-state index contributed by atoms with van der Waals surface area (Å²) in [4.78, 5) is 4.74. The summed E-state index contributed by atoms with van der Waals surface area (Å²) in [7, 11) is 0. The number of aryl methyl sites for hydroxylation is 2. The minimum absolute atomic E-state index is 0.682. The molecule has 0 unspecified atom stereocenters. The van der Waals surface area contributed by atoms with E-state index in [1.807, 2.05) is 0 Å². The smallest absolute Gasteiger partial charge is 0.114 e. The maximum atomic E-state index is 6.11. The Hall–Kier alpha value is -1.35. The number of nitrogen functional groups attached to an aromatic ring is 1. The molecule has 2 nitrogen and oxygen atoms in total. The van der Waals surface area contributed by atoms with Crippen LogP contribution in [0.15, 0.2) is 18.2 Å². The molecular formula is C14H16N2S. The predicted molar refractivity (Wildman–Crippen MR) is 73.4 cm³/mol. The number of nitrogens with zero attached hydrogens (tertiary/aromatic N) is 1. The lowest BCUT2D eigenvalue weighted by Crippen LogP contribution is -1.90. The number of hydrogen-bond donors (Lipinski definition) is 1. The molecular weight excluding hydrogens is 228 g/mol. The van der Waals surface area contributed by atoms with E-state index in [-0.39, 0.29) is 0 Å². The first-order valence-electron chi connectivity index (χ1n) is 5.99. The molecule has 3 rings (SSSR count). The Balaban J connectivity index is 2.10. The number of rotatable bonds is 2. The van der Waals surface area contributed by atoms with Gasteiger partial charge >= 0.3 is 0 Å². The van der Waals surface area contributed by atoms with Gasteiger partial charge in [-0.05, 0) is 38.3 Å². The first kappa shape index (κ1) is 10.8. The number of nitrogens with two attached hydrogens (primary N) is 1. The van der Waals surface area contributed by atoms with Crippen molar-refractivity contribution in [3.63, 3.8) is 0 Å². The normalized spacial score (nSPS) is 15.2. The third-order valence-corrected chi connectivity index (χ3v) is 4.29. The van der Waals surface area contributed by atoms with Crippen LogP contribution in [0.2, 0.25) is 0 Å². The van der Waals surface area contributed by atoms with Gasteiger partial charge in [-0.25, -0.2) is 4.98 Å². The molecule has 2 aromatic rings. The van der Waals surface area contributed by atoms with E-state index >= 15 is 0 Å². The van der Waals surface area contributed by atoms with E-state index in [4.69, 9.17) is 10.7 Å². The van der Waals surface area contributed by atoms with Gasteiger partial charge in [0.15, 0.2) is 0 Å². The fourth-order valence-corrected chi connectivity index (χ4v) is 3.05. The highest BCUT2D eigenvalue weighted by Crippen LogP contribution is 2.45. The van der Waals surface area contributed by atoms with Gasteiger partial charge in [-0.2, -0.15) is 0 Å². The minimum atomic E-state index is 0.682. The second kappa shape index (κ2) is 3.84. The Kier molecular flexibility index (Phi) is 2.44. The molecule has 1 fully saturated rings. The van der Waals surface area contributed by atoms with Crippen molar-refractivity contribution in [3.8, 4) is 11.3 Å². The highest BCUT2D eigenvalue weighted by Gasteiger charge is 2.28. The summed E-state index contributed by atoms with van der Waals surface area (Å²) < 4.78 is 0. The van der Waals surface area contributed by atoms with Gasteiger partial charge in [-0.1, -0.05) is 17.7 Å². The van der Waals surface area contributed by atoms with Crippen molar-refractivity contribution in [2.24, 2.45) is 0 Å². The molecule has 88 valence electrons. The lowest BCUT2D eigenvalue weighted by atomic mass is 10.0. The third kappa shape index (κ3) is 1.95. The number of hydrogen-bond acceptors (Lipinski definition) is 3. The molecule has 0 radical (unpaired) electrons. The molecule has 1 heterocycles. The summed E-state index contributed by atoms with van der Waals surface area (Å²) in [6, 6.07) is 6.45. The van der Waals surface area contributed by atoms with E-state index in [0.29, 0.717) is 5.92 Å². The largest absolute Gasteiger partial charge is 0.389 e. The maximum Gasteiger partial charge on any atom is 0.114 e. The molecule has 1 aliphatic carbocycles. The van der Waals surface area contributed by atoms with Crippen LogP contribution in [0.4, 0.5) is 5.00 Å². The van der Waals surface area contributed by atoms with Crippen LogP contribution in [-0.4, -0.2) is 4.98 Å². The van der Waals surface area contributed by atoms with Crippen molar-refractivity contribution in [3.05, 3.63) is 34.3 Å². The molecule has 1 aliphatic rings. The zero-order chi connectivity index (χ0) is 12.0. The monoisotopic (exact) mass is 244 g/mol. The quantitative estimate of drug-likeness (QED) is 0.870. The summed E-state index contributed by atoms with van der Waals surface area (Å²) in [5, 5.41) is 2.08. The Morgan fingerprint density at radius 2 is 2.06 bits per heavy atom. The Morgan fingerprint density at radius 3 is 2.76 bits per heavy atom. The van der Waals surface area contributed by atoms with Crippen LogP contribution in [0.25, 0.3) is 11.3 Å². The number of benzene rings is 1. The van der Waals surface area contributed by atoms with Crippen LogP contribution in [0.3, 0.4) is 0 Å². The highest BCUT2D eigenvalue weighted by molar-refractivity contribution is 7.16. The Morgan fingerprint density at radius 1 is 1.29 bits per heavy atom. The van der Waals surface area contributed by atoms with E-state index in [1.165, 1.54) is 34.5 Å². The van der Waals surface area contributed by atoms with Crippen LogP contribution < -0.4 is 5.73 Å². The highest BCUT2D eigenvalue weighted by atomic mass is 32.1. The molecule has 17 heavy (non-hydrogen) atoms. The molecule has 0 bridgehead atoms. The summed E-state index contributed by atoms with van der Waals surface area (Å²) in [5.41, 5.74) is 10.8. The van der Waals surface area contributed by atoms with E-state index in [1.54, 1.807) is 11.3 Å². The predicted octanol–water partition coefficient (Wildman–Crippen LogP) is 3.89. The Bertz CT molecular complexity index is 568. The van der Waals surface area contributed by atoms with Crippen molar-refractivity contribution in [1.29, 1.82) is 0 Å². The van der Waals surface area contributed by atoms with Crippen molar-refractivity contribution in [2.75, 3.05) is 5.73 Å². The first-order chi connectivity index (χ1) is 8.15. The van der Waals surface area contributed by atoms with E-state index in [0.717, 1.165) is 10.7 Å². The van der Waals surface area contributed by atoms with Gasteiger partial charge in [0.05, 0.1) is 5.01 Å². The van der Waals surface area contributed by atoms with Gasteiger partial charge in [-0.3, -0.25) is 0 Å². The molecule has 0 amide bonds. The van der Waals surface area contributed by atoms with Gasteiger partial charge in [0, 0.05) is 11.5 Å². The van der Waals surface area contributed by atoms with Gasteiger partial charge in [0.1, 0.15) is 10.7 Å². The fourth-order valence-electron chi connectivity index (χ4n) is 2.04. The summed E-state index contributed by atoms with van der Waals surface area (Å²) in [6.07, 6.45) is 2.55. The minimum Gasteiger partial charge on any atom is -0.389 e. The van der Waals surface area contributed by atoms with Crippen LogP contribution in [-0.2, 0) is 0 Å². The van der Waals surface area contributed by atoms with Gasteiger partial charge in [0.25, 0.3) is 0 Å². The summed E-state index contributed by atoms with van der Waals surface area (Å²) in [6.45, 7) is 4.22. The fraction of sp³-hybridized carbons (Fsp3) is 0.357. The van der Waals surface area contributed by atoms with Gasteiger partial charge < -0.3 is 5.73 Å². The molecule has 0 aliphatic heterocycles. The molecule has 1 aromatic heterocycles. The average molecular weight is 244 g/mol. The van der Waals surface area contributed by atoms with Crippen molar-refractivity contribution < 1.29 is 0 Å². The van der Waals surface area contributed by atoms with Gasteiger partial charge in [0.2, 0.25) is 0 Å². The first-order valence-corrected chi connectivity index (χ1v) is 6.80. The zero-order valence-corrected chi connectivity index (χ0v) is 11.0. The maximum absolute atomic E-state index is 6.11. The summed E-state index contributed by atoms with van der Waals surface area (Å²) in [5.74, 6) is 0.682. The lowest BCUT2D eigenvalue weighted by molar-refractivity contribution is 1.08. The number of anilines is 1. The van der Waals surface area contributed by atoms with Crippen molar-refractivity contribution in [2.45, 2.75) is 32.6 Å². The van der Waals surface area contributed by atoms with Gasteiger partial charge in [-0.15, -0.1) is 11.3 Å². The molecule has 0 spiro atoms. The van der Waals surface area contributed by atoms with Crippen LogP contribution in [0, 0.1) is 13.8 Å². The zero-order valence-electron chi connectivity index (χ0n) is 10.2. The third-order valence-electron chi connectivity index (χ3n) is 3.24. The topological polar surface area (TPSA) is 38.9 Å². The second-order valence-electron chi connectivity index (χ2n) is 4.86. The SMILES string of the molecule is Cc1ccc(C)c(-c2nc(C3CC3)sc2N)c1. The Labute approximate surface area is 106 Å². The molecule has 1 aromatic carbocycles. The molecule has 0 atom stereocenters. The van der Waals surface area contributed by atoms with Crippen molar-refractivity contribution >= 4 is 16.3 Å². The lowest BCUT2D eigenvalue weighted by Gasteiger charge is -2.05. The molecule has 1 saturated carbocycles. The standard InChI is InChI=1S/C14H16N2S/c1-8-3-4-9(2)11(7-8)12-13(15)17-14(16-12)10-5-6-10/h3-4,7,10H,5-6,15H2,1-2H3. The number of aromatic nitrogens is 1. The summed E-state index contributed by atoms with van der Waals surface area (Å²) >= 11 is 1.66. The van der Waals surface area contributed by atoms with Crippen LogP contribution in [0.5, 0.6) is 0 Å². The average Bonchev–Trinajstić information content (AvgIpc) is 3.07. The second-order valence-corrected chi connectivity index (χ2v) is 5.92. The van der Waals surface area contributed by atoms with Crippen LogP contribution in [0.1, 0.15) is 34.9 Å². The van der Waals surface area contributed by atoms with Crippen LogP contribution >= 0.6 is 11.3 Å².